The third kappa shape index (κ3) is 8.40. The molecule has 0 aromatic heterocycles. The minimum Gasteiger partial charge on any atom is -0.481 e. The average Bonchev–Trinajstić information content (AvgIpc) is 3.31. The summed E-state index contributed by atoms with van der Waals surface area (Å²) in [5.41, 5.74) is 8.27. The van der Waals surface area contributed by atoms with Crippen molar-refractivity contribution in [2.24, 2.45) is 46.2 Å². The van der Waals surface area contributed by atoms with E-state index in [2.05, 4.69) is 35.9 Å². The molecule has 3 saturated carbocycles. The van der Waals surface area contributed by atoms with Gasteiger partial charge in [0.1, 0.15) is 0 Å². The Morgan fingerprint density at radius 1 is 0.905 bits per heavy atom. The zero-order valence-electron chi connectivity index (χ0n) is 27.5. The van der Waals surface area contributed by atoms with Gasteiger partial charge in [-0.15, -0.1) is 0 Å². The number of unbranched alkanes of at least 4 members (excludes halogenated alkanes) is 2. The van der Waals surface area contributed by atoms with Crippen LogP contribution in [0, 0.1) is 40.4 Å². The van der Waals surface area contributed by atoms with Crippen molar-refractivity contribution in [3.8, 4) is 0 Å². The highest BCUT2D eigenvalue weighted by Crippen LogP contribution is 2.67. The monoisotopic (exact) mass is 587 g/mol. The molecule has 8 atom stereocenters. The van der Waals surface area contributed by atoms with Crippen LogP contribution in [0.25, 0.3) is 0 Å². The van der Waals surface area contributed by atoms with Crippen LogP contribution >= 0.6 is 0 Å². The van der Waals surface area contributed by atoms with Gasteiger partial charge in [-0.2, -0.15) is 0 Å². The van der Waals surface area contributed by atoms with E-state index in [0.717, 1.165) is 82.2 Å². The topological polar surface area (TPSA) is 99.4 Å². The molecular weight excluding hydrogens is 520 g/mol. The van der Waals surface area contributed by atoms with Gasteiger partial charge in [0.2, 0.25) is 0 Å². The van der Waals surface area contributed by atoms with E-state index < -0.39 is 5.97 Å². The number of allylic oxidation sites excluding steroid dienone is 1. The van der Waals surface area contributed by atoms with E-state index in [1.807, 2.05) is 6.92 Å². The van der Waals surface area contributed by atoms with Crippen LogP contribution in [0.5, 0.6) is 0 Å². The summed E-state index contributed by atoms with van der Waals surface area (Å²) in [4.78, 5) is 11.2. The second-order valence-corrected chi connectivity index (χ2v) is 15.2. The number of hydrogen-bond donors (Lipinski definition) is 5. The van der Waals surface area contributed by atoms with Gasteiger partial charge in [0.15, 0.2) is 0 Å². The van der Waals surface area contributed by atoms with Crippen molar-refractivity contribution in [3.05, 3.63) is 11.6 Å². The molecule has 0 aromatic carbocycles. The standard InChI is InChI=1S/C36H66N4O2/c1-27(34(41)42)10-4-5-11-28-13-15-32-31-14-12-29-26-30(16-18-36(29,3)33(31)17-19-35(28,32)2)40-25-9-24-39-22-7-6-21-38-23-8-20-37/h26-28,30-33,38-40H,4-25,37H2,1-3H3,(H,41,42). The molecule has 0 radical (unpaired) electrons. The SMILES string of the molecule is CC(CCCCC1CCC2C3CCC4=CC(NCCCNCCCCNCCCN)CCC4(C)C3CCC12C)C(=O)O. The Labute approximate surface area is 258 Å². The zero-order chi connectivity index (χ0) is 30.0. The molecule has 0 bridgehead atoms. The summed E-state index contributed by atoms with van der Waals surface area (Å²) in [6, 6.07) is 0.567. The zero-order valence-corrected chi connectivity index (χ0v) is 27.5. The molecule has 0 heterocycles. The summed E-state index contributed by atoms with van der Waals surface area (Å²) in [7, 11) is 0. The Morgan fingerprint density at radius 2 is 1.64 bits per heavy atom. The van der Waals surface area contributed by atoms with Crippen molar-refractivity contribution in [3.63, 3.8) is 0 Å². The highest BCUT2D eigenvalue weighted by atomic mass is 16.4. The number of carboxylic acids is 1. The minimum atomic E-state index is -0.636. The first-order chi connectivity index (χ1) is 20.3. The van der Waals surface area contributed by atoms with Crippen LogP contribution in [-0.2, 0) is 4.79 Å². The Kier molecular flexibility index (Phi) is 13.2. The summed E-state index contributed by atoms with van der Waals surface area (Å²) in [5, 5.41) is 20.2. The molecule has 6 nitrogen and oxygen atoms in total. The molecule has 0 aromatic rings. The molecule has 3 fully saturated rings. The first-order valence-electron chi connectivity index (χ1n) is 18.1. The average molecular weight is 587 g/mol. The molecule has 4 aliphatic carbocycles. The lowest BCUT2D eigenvalue weighted by molar-refractivity contribution is -0.141. The second-order valence-electron chi connectivity index (χ2n) is 15.2. The molecule has 242 valence electrons. The van der Waals surface area contributed by atoms with Gasteiger partial charge in [0, 0.05) is 6.04 Å². The van der Waals surface area contributed by atoms with Gasteiger partial charge in [-0.3, -0.25) is 4.79 Å². The van der Waals surface area contributed by atoms with Gasteiger partial charge in [-0.1, -0.05) is 45.3 Å². The summed E-state index contributed by atoms with van der Waals surface area (Å²) < 4.78 is 0. The molecular formula is C36H66N4O2. The number of nitrogens with one attached hydrogen (secondary N) is 3. The first-order valence-corrected chi connectivity index (χ1v) is 18.1. The van der Waals surface area contributed by atoms with Crippen molar-refractivity contribution in [2.75, 3.05) is 39.3 Å². The fourth-order valence-electron chi connectivity index (χ4n) is 9.91. The lowest BCUT2D eigenvalue weighted by Crippen LogP contribution is -2.51. The normalized spacial score (nSPS) is 34.8. The molecule has 6 heteroatoms. The first kappa shape index (κ1) is 33.9. The predicted octanol–water partition coefficient (Wildman–Crippen LogP) is 6.50. The van der Waals surface area contributed by atoms with Crippen LogP contribution in [0.1, 0.15) is 124 Å². The highest BCUT2D eigenvalue weighted by molar-refractivity contribution is 5.69. The molecule has 8 unspecified atom stereocenters. The number of nitrogens with two attached hydrogens (primary N) is 1. The Morgan fingerprint density at radius 3 is 2.38 bits per heavy atom. The third-order valence-corrected chi connectivity index (χ3v) is 12.6. The minimum absolute atomic E-state index is 0.195. The predicted molar refractivity (Wildman–Crippen MR) is 176 cm³/mol. The molecule has 0 spiro atoms. The van der Waals surface area contributed by atoms with Crippen LogP contribution in [0.15, 0.2) is 11.6 Å². The van der Waals surface area contributed by atoms with E-state index >= 15 is 0 Å². The Bertz CT molecular complexity index is 863. The number of aliphatic carboxylic acids is 1. The fraction of sp³-hybridized carbons (Fsp3) is 0.917. The maximum Gasteiger partial charge on any atom is 0.306 e. The van der Waals surface area contributed by atoms with Crippen molar-refractivity contribution >= 4 is 5.97 Å². The van der Waals surface area contributed by atoms with Crippen molar-refractivity contribution < 1.29 is 9.90 Å². The van der Waals surface area contributed by atoms with Crippen LogP contribution in [0.3, 0.4) is 0 Å². The van der Waals surface area contributed by atoms with E-state index in [1.165, 1.54) is 83.5 Å². The summed E-state index contributed by atoms with van der Waals surface area (Å²) in [5.74, 6) is 2.73. The van der Waals surface area contributed by atoms with Crippen molar-refractivity contribution in [1.29, 1.82) is 0 Å². The van der Waals surface area contributed by atoms with E-state index in [0.29, 0.717) is 16.9 Å². The Balaban J connectivity index is 1.17. The largest absolute Gasteiger partial charge is 0.481 e. The van der Waals surface area contributed by atoms with Gasteiger partial charge < -0.3 is 26.8 Å². The number of fused-ring (bicyclic) bond motifs is 5. The molecule has 4 rings (SSSR count). The molecule has 42 heavy (non-hydrogen) atoms. The second kappa shape index (κ2) is 16.4. The molecule has 6 N–H and O–H groups in total. The molecule has 0 saturated heterocycles. The molecule has 0 aliphatic heterocycles. The third-order valence-electron chi connectivity index (χ3n) is 12.6. The quantitative estimate of drug-likeness (QED) is 0.0875. The summed E-state index contributed by atoms with van der Waals surface area (Å²) in [6.45, 7) is 13.4. The van der Waals surface area contributed by atoms with Gasteiger partial charge in [0.25, 0.3) is 0 Å². The number of carboxylic acid groups (broad SMARTS) is 1. The lowest BCUT2D eigenvalue weighted by Gasteiger charge is -2.58. The molecule has 4 aliphatic rings. The fourth-order valence-corrected chi connectivity index (χ4v) is 9.91. The highest BCUT2D eigenvalue weighted by Gasteiger charge is 2.58. The van der Waals surface area contributed by atoms with Crippen LogP contribution in [-0.4, -0.2) is 56.4 Å². The number of rotatable bonds is 19. The molecule has 0 amide bonds. The van der Waals surface area contributed by atoms with Crippen molar-refractivity contribution in [1.82, 2.24) is 16.0 Å². The maximum atomic E-state index is 11.2. The smallest absolute Gasteiger partial charge is 0.306 e. The maximum absolute atomic E-state index is 11.2. The number of hydrogen-bond acceptors (Lipinski definition) is 5. The Hall–Kier alpha value is -0.950. The van der Waals surface area contributed by atoms with E-state index in [9.17, 15) is 9.90 Å². The van der Waals surface area contributed by atoms with Crippen LogP contribution in [0.2, 0.25) is 0 Å². The van der Waals surface area contributed by atoms with E-state index in [-0.39, 0.29) is 5.92 Å². The van der Waals surface area contributed by atoms with E-state index in [4.69, 9.17) is 5.73 Å². The number of carbonyl (C=O) groups is 1. The van der Waals surface area contributed by atoms with Crippen LogP contribution in [0.4, 0.5) is 0 Å². The van der Waals surface area contributed by atoms with Gasteiger partial charge >= 0.3 is 5.97 Å². The van der Waals surface area contributed by atoms with Gasteiger partial charge in [0.05, 0.1) is 5.92 Å². The van der Waals surface area contributed by atoms with Gasteiger partial charge in [-0.05, 0) is 164 Å². The summed E-state index contributed by atoms with van der Waals surface area (Å²) in [6.07, 6.45) is 22.9. The van der Waals surface area contributed by atoms with Crippen LogP contribution < -0.4 is 21.7 Å². The van der Waals surface area contributed by atoms with Gasteiger partial charge in [-0.25, -0.2) is 0 Å². The lowest BCUT2D eigenvalue weighted by atomic mass is 9.46. The van der Waals surface area contributed by atoms with E-state index in [1.54, 1.807) is 5.57 Å². The summed E-state index contributed by atoms with van der Waals surface area (Å²) >= 11 is 0. The van der Waals surface area contributed by atoms with Crippen molar-refractivity contribution in [2.45, 2.75) is 130 Å².